The maximum absolute atomic E-state index is 11.1. The fraction of sp³-hybridized carbons (Fsp3) is 0.0667. The number of benzene rings is 2. The average molecular weight is 316 g/mol. The zero-order valence-corrected chi connectivity index (χ0v) is 12.3. The van der Waals surface area contributed by atoms with Gasteiger partial charge in [-0.05, 0) is 30.3 Å². The molecule has 0 spiro atoms. The fourth-order valence-corrected chi connectivity index (χ4v) is 3.75. The molecule has 0 fully saturated rings. The number of thiazole rings is 1. The van der Waals surface area contributed by atoms with Gasteiger partial charge >= 0.3 is 0 Å². The van der Waals surface area contributed by atoms with Crippen LogP contribution in [0.3, 0.4) is 0 Å². The smallest absolute Gasteiger partial charge is 0.201 e. The molecule has 0 aliphatic carbocycles. The summed E-state index contributed by atoms with van der Waals surface area (Å²) in [4.78, 5) is 8.76. The third kappa shape index (κ3) is 1.72. The Morgan fingerprint density at radius 1 is 1.19 bits per heavy atom. The lowest BCUT2D eigenvalue weighted by atomic mass is 9.94. The van der Waals surface area contributed by atoms with E-state index in [1.165, 1.54) is 11.3 Å². The number of aliphatic imine (C=N–C) groups is 1. The quantitative estimate of drug-likeness (QED) is 0.724. The van der Waals surface area contributed by atoms with E-state index in [1.54, 1.807) is 18.2 Å². The van der Waals surface area contributed by atoms with Crippen LogP contribution in [0, 0.1) is 0 Å². The number of hydrogen-bond donors (Lipinski definition) is 2. The Hall–Kier alpha value is -1.95. The third-order valence-electron chi connectivity index (χ3n) is 3.56. The molecule has 0 radical (unpaired) electrons. The van der Waals surface area contributed by atoms with Gasteiger partial charge in [-0.2, -0.15) is 0 Å². The van der Waals surface area contributed by atoms with Crippen molar-refractivity contribution in [3.05, 3.63) is 58.1 Å². The van der Waals surface area contributed by atoms with Crippen LogP contribution in [0.4, 0.5) is 5.69 Å². The predicted molar refractivity (Wildman–Crippen MR) is 85.4 cm³/mol. The Labute approximate surface area is 129 Å². The molecular weight excluding hydrogens is 306 g/mol. The number of halogens is 1. The molecule has 4 rings (SSSR count). The number of aliphatic hydroxyl groups is 1. The Morgan fingerprint density at radius 2 is 2.00 bits per heavy atom. The van der Waals surface area contributed by atoms with Crippen LogP contribution in [0.1, 0.15) is 10.6 Å². The number of nitrogens with two attached hydrogens (primary N) is 1. The minimum atomic E-state index is -1.51. The van der Waals surface area contributed by atoms with Gasteiger partial charge in [-0.3, -0.25) is 0 Å². The SMILES string of the molecule is NC1=Nc2ccc(Cl)cc2C1(O)c1nc2ccccc2s1. The van der Waals surface area contributed by atoms with Crippen molar-refractivity contribution in [1.82, 2.24) is 4.98 Å². The molecule has 6 heteroatoms. The maximum Gasteiger partial charge on any atom is 0.201 e. The van der Waals surface area contributed by atoms with E-state index in [1.807, 2.05) is 24.3 Å². The second-order valence-electron chi connectivity index (χ2n) is 4.86. The van der Waals surface area contributed by atoms with Crippen molar-refractivity contribution in [2.45, 2.75) is 5.60 Å². The number of hydrogen-bond acceptors (Lipinski definition) is 5. The molecule has 3 N–H and O–H groups in total. The highest BCUT2D eigenvalue weighted by Gasteiger charge is 2.45. The fourth-order valence-electron chi connectivity index (χ4n) is 2.50. The topological polar surface area (TPSA) is 71.5 Å². The van der Waals surface area contributed by atoms with Gasteiger partial charge < -0.3 is 10.8 Å². The first-order valence-electron chi connectivity index (χ1n) is 6.32. The third-order valence-corrected chi connectivity index (χ3v) is 4.94. The standard InChI is InChI=1S/C15H10ClN3OS/c16-8-5-6-10-9(7-8)15(20,13(17)18-10)14-19-11-3-1-2-4-12(11)21-14/h1-7,20H,(H2,17,18). The molecule has 104 valence electrons. The van der Waals surface area contributed by atoms with Gasteiger partial charge in [-0.15, -0.1) is 11.3 Å². The molecule has 2 aromatic carbocycles. The molecule has 1 aliphatic heterocycles. The van der Waals surface area contributed by atoms with E-state index in [9.17, 15) is 5.11 Å². The van der Waals surface area contributed by atoms with E-state index in [2.05, 4.69) is 9.98 Å². The lowest BCUT2D eigenvalue weighted by Gasteiger charge is -2.21. The Balaban J connectivity index is 1.99. The lowest BCUT2D eigenvalue weighted by molar-refractivity contribution is 0.158. The predicted octanol–water partition coefficient (Wildman–Crippen LogP) is 3.19. The summed E-state index contributed by atoms with van der Waals surface area (Å²) in [5.41, 5.74) is 6.51. The maximum atomic E-state index is 11.1. The number of amidine groups is 1. The molecule has 0 saturated carbocycles. The Morgan fingerprint density at radius 3 is 2.81 bits per heavy atom. The van der Waals surface area contributed by atoms with Gasteiger partial charge in [0.1, 0.15) is 10.8 Å². The van der Waals surface area contributed by atoms with Crippen LogP contribution in [-0.2, 0) is 5.60 Å². The van der Waals surface area contributed by atoms with E-state index in [-0.39, 0.29) is 5.84 Å². The number of rotatable bonds is 1. The molecule has 0 saturated heterocycles. The van der Waals surface area contributed by atoms with E-state index in [0.29, 0.717) is 21.3 Å². The molecule has 1 aromatic heterocycles. The summed E-state index contributed by atoms with van der Waals surface area (Å²) in [6.45, 7) is 0. The van der Waals surface area contributed by atoms with Crippen LogP contribution in [0.25, 0.3) is 10.2 Å². The van der Waals surface area contributed by atoms with Crippen molar-refractivity contribution in [2.24, 2.45) is 10.7 Å². The summed E-state index contributed by atoms with van der Waals surface area (Å²) in [6.07, 6.45) is 0. The Bertz CT molecular complexity index is 872. The molecular formula is C15H10ClN3OS. The first-order chi connectivity index (χ1) is 10.1. The van der Waals surface area contributed by atoms with E-state index < -0.39 is 5.60 Å². The van der Waals surface area contributed by atoms with Gasteiger partial charge in [0.2, 0.25) is 5.60 Å². The number of para-hydroxylation sites is 1. The van der Waals surface area contributed by atoms with Gasteiger partial charge in [-0.1, -0.05) is 23.7 Å². The molecule has 1 aliphatic rings. The van der Waals surface area contributed by atoms with Crippen LogP contribution in [0.5, 0.6) is 0 Å². The summed E-state index contributed by atoms with van der Waals surface area (Å²) in [5.74, 6) is 0.124. The molecule has 21 heavy (non-hydrogen) atoms. The van der Waals surface area contributed by atoms with Crippen LogP contribution >= 0.6 is 22.9 Å². The largest absolute Gasteiger partial charge is 0.384 e. The van der Waals surface area contributed by atoms with E-state index in [4.69, 9.17) is 17.3 Å². The van der Waals surface area contributed by atoms with Crippen molar-refractivity contribution in [2.75, 3.05) is 0 Å². The first-order valence-corrected chi connectivity index (χ1v) is 7.51. The summed E-state index contributed by atoms with van der Waals surface area (Å²) < 4.78 is 0.990. The summed E-state index contributed by atoms with van der Waals surface area (Å²) in [6, 6.07) is 12.9. The minimum absolute atomic E-state index is 0.124. The second kappa shape index (κ2) is 4.27. The van der Waals surface area contributed by atoms with Crippen LogP contribution in [0.15, 0.2) is 47.5 Å². The van der Waals surface area contributed by atoms with Crippen LogP contribution < -0.4 is 5.73 Å². The summed E-state index contributed by atoms with van der Waals surface area (Å²) >= 11 is 7.45. The molecule has 0 bridgehead atoms. The minimum Gasteiger partial charge on any atom is -0.384 e. The van der Waals surface area contributed by atoms with Crippen molar-refractivity contribution >= 4 is 44.7 Å². The lowest BCUT2D eigenvalue weighted by Crippen LogP contribution is -2.39. The van der Waals surface area contributed by atoms with Gasteiger partial charge in [0.15, 0.2) is 0 Å². The summed E-state index contributed by atoms with van der Waals surface area (Å²) in [7, 11) is 0. The van der Waals surface area contributed by atoms with Gasteiger partial charge in [0.05, 0.1) is 15.9 Å². The number of nitrogens with zero attached hydrogens (tertiary/aromatic N) is 2. The highest BCUT2D eigenvalue weighted by Crippen LogP contribution is 2.44. The van der Waals surface area contributed by atoms with Crippen LogP contribution in [-0.4, -0.2) is 15.9 Å². The molecule has 3 aromatic rings. The average Bonchev–Trinajstić information content (AvgIpc) is 3.01. The first kappa shape index (κ1) is 12.8. The second-order valence-corrected chi connectivity index (χ2v) is 6.32. The number of aromatic nitrogens is 1. The van der Waals surface area contributed by atoms with Crippen molar-refractivity contribution in [3.8, 4) is 0 Å². The van der Waals surface area contributed by atoms with Crippen molar-refractivity contribution < 1.29 is 5.11 Å². The van der Waals surface area contributed by atoms with Gasteiger partial charge in [-0.25, -0.2) is 9.98 Å². The van der Waals surface area contributed by atoms with E-state index >= 15 is 0 Å². The van der Waals surface area contributed by atoms with Gasteiger partial charge in [0, 0.05) is 10.6 Å². The normalized spacial score (nSPS) is 20.6. The summed E-state index contributed by atoms with van der Waals surface area (Å²) in [5, 5.41) is 12.2. The zero-order chi connectivity index (χ0) is 14.6. The highest BCUT2D eigenvalue weighted by atomic mass is 35.5. The molecule has 1 atom stereocenters. The van der Waals surface area contributed by atoms with E-state index in [0.717, 1.165) is 10.2 Å². The molecule has 1 unspecified atom stereocenters. The van der Waals surface area contributed by atoms with Gasteiger partial charge in [0.25, 0.3) is 0 Å². The van der Waals surface area contributed by atoms with Crippen molar-refractivity contribution in [1.29, 1.82) is 0 Å². The molecule has 2 heterocycles. The molecule has 4 nitrogen and oxygen atoms in total. The molecule has 0 amide bonds. The zero-order valence-electron chi connectivity index (χ0n) is 10.7. The Kier molecular flexibility index (Phi) is 2.60. The van der Waals surface area contributed by atoms with Crippen LogP contribution in [0.2, 0.25) is 5.02 Å². The van der Waals surface area contributed by atoms with Crippen molar-refractivity contribution in [3.63, 3.8) is 0 Å². The monoisotopic (exact) mass is 315 g/mol. The highest BCUT2D eigenvalue weighted by molar-refractivity contribution is 7.18. The number of fused-ring (bicyclic) bond motifs is 2.